The van der Waals surface area contributed by atoms with E-state index in [0.29, 0.717) is 18.7 Å². The maximum absolute atomic E-state index is 13.1. The molecule has 1 aliphatic rings. The largest absolute Gasteiger partial charge is 0.369 e. The number of rotatable bonds is 4. The number of nitrogens with one attached hydrogen (secondary N) is 1. The minimum Gasteiger partial charge on any atom is -0.369 e. The first-order valence-electron chi connectivity index (χ1n) is 8.40. The summed E-state index contributed by atoms with van der Waals surface area (Å²) in [6.07, 6.45) is 2.46. The summed E-state index contributed by atoms with van der Waals surface area (Å²) in [4.78, 5) is 19.3. The lowest BCUT2D eigenvalue weighted by Gasteiger charge is -2.28. The highest BCUT2D eigenvalue weighted by Crippen LogP contribution is 2.30. The van der Waals surface area contributed by atoms with Crippen molar-refractivity contribution in [1.82, 2.24) is 20.1 Å². The summed E-state index contributed by atoms with van der Waals surface area (Å²) in [6, 6.07) is 5.79. The molecule has 1 aliphatic heterocycles. The van der Waals surface area contributed by atoms with E-state index in [2.05, 4.69) is 15.2 Å². The zero-order valence-electron chi connectivity index (χ0n) is 14.6. The molecule has 1 amide bonds. The van der Waals surface area contributed by atoms with Gasteiger partial charge in [-0.2, -0.15) is 5.10 Å². The number of nitrogens with zero attached hydrogens (tertiary/aromatic N) is 3. The van der Waals surface area contributed by atoms with Crippen molar-refractivity contribution < 1.29 is 9.53 Å². The maximum Gasteiger partial charge on any atom is 0.275 e. The predicted molar refractivity (Wildman–Crippen MR) is 90.5 cm³/mol. The third-order valence-corrected chi connectivity index (χ3v) is 4.38. The minimum atomic E-state index is -0.0684. The highest BCUT2D eigenvalue weighted by molar-refractivity contribution is 5.94. The molecule has 0 unspecified atom stereocenters. The van der Waals surface area contributed by atoms with Gasteiger partial charge in [0.2, 0.25) is 0 Å². The van der Waals surface area contributed by atoms with Crippen LogP contribution in [0.15, 0.2) is 24.4 Å². The first-order valence-corrected chi connectivity index (χ1v) is 8.40. The van der Waals surface area contributed by atoms with Crippen molar-refractivity contribution >= 4 is 5.91 Å². The molecule has 2 atom stereocenters. The summed E-state index contributed by atoms with van der Waals surface area (Å²) in [7, 11) is 0. The van der Waals surface area contributed by atoms with E-state index in [1.54, 1.807) is 6.20 Å². The van der Waals surface area contributed by atoms with Crippen molar-refractivity contribution in [2.75, 3.05) is 0 Å². The summed E-state index contributed by atoms with van der Waals surface area (Å²) >= 11 is 0. The molecule has 2 aromatic heterocycles. The molecule has 1 N–H and O–H groups in total. The SMILES string of the molecule is CC(C)N(Cc1ccccn1)C(=O)c1n[nH]c2c1C[C@H](C)O[C@@H]2C. The fourth-order valence-corrected chi connectivity index (χ4v) is 3.14. The van der Waals surface area contributed by atoms with E-state index in [0.717, 1.165) is 17.0 Å². The molecular weight excluding hydrogens is 304 g/mol. The predicted octanol–water partition coefficient (Wildman–Crippen LogP) is 2.88. The van der Waals surface area contributed by atoms with Crippen LogP contribution < -0.4 is 0 Å². The van der Waals surface area contributed by atoms with Crippen LogP contribution in [0.3, 0.4) is 0 Å². The van der Waals surface area contributed by atoms with Crippen molar-refractivity contribution in [1.29, 1.82) is 0 Å². The maximum atomic E-state index is 13.1. The number of carbonyl (C=O) groups is 1. The molecule has 0 spiro atoms. The van der Waals surface area contributed by atoms with Crippen LogP contribution in [0, 0.1) is 0 Å². The Bertz CT molecular complexity index is 711. The Morgan fingerprint density at radius 1 is 1.42 bits per heavy atom. The van der Waals surface area contributed by atoms with E-state index in [4.69, 9.17) is 4.74 Å². The number of hydrogen-bond donors (Lipinski definition) is 1. The van der Waals surface area contributed by atoms with Gasteiger partial charge >= 0.3 is 0 Å². The number of hydrogen-bond acceptors (Lipinski definition) is 4. The van der Waals surface area contributed by atoms with Gasteiger partial charge in [0.15, 0.2) is 5.69 Å². The van der Waals surface area contributed by atoms with Gasteiger partial charge in [-0.3, -0.25) is 14.9 Å². The number of fused-ring (bicyclic) bond motifs is 1. The molecule has 2 aromatic rings. The highest BCUT2D eigenvalue weighted by Gasteiger charge is 2.32. The van der Waals surface area contributed by atoms with Crippen molar-refractivity contribution in [3.8, 4) is 0 Å². The van der Waals surface area contributed by atoms with E-state index < -0.39 is 0 Å². The van der Waals surface area contributed by atoms with Gasteiger partial charge in [-0.1, -0.05) is 6.07 Å². The second kappa shape index (κ2) is 6.73. The number of amides is 1. The van der Waals surface area contributed by atoms with Gasteiger partial charge in [-0.05, 0) is 39.8 Å². The molecule has 3 heterocycles. The Balaban J connectivity index is 1.89. The average Bonchev–Trinajstić information content (AvgIpc) is 2.96. The summed E-state index contributed by atoms with van der Waals surface area (Å²) in [5.41, 5.74) is 3.28. The van der Waals surface area contributed by atoms with Gasteiger partial charge < -0.3 is 9.64 Å². The summed E-state index contributed by atoms with van der Waals surface area (Å²) < 4.78 is 5.80. The molecule has 3 rings (SSSR count). The van der Waals surface area contributed by atoms with Gasteiger partial charge in [0.1, 0.15) is 0 Å². The van der Waals surface area contributed by atoms with E-state index in [-0.39, 0.29) is 24.2 Å². The lowest BCUT2D eigenvalue weighted by atomic mass is 9.99. The molecule has 128 valence electrons. The normalized spacial score (nSPS) is 20.0. The van der Waals surface area contributed by atoms with Crippen molar-refractivity contribution in [3.63, 3.8) is 0 Å². The number of H-pyrrole nitrogens is 1. The molecule has 0 aliphatic carbocycles. The molecule has 24 heavy (non-hydrogen) atoms. The van der Waals surface area contributed by atoms with Crippen LogP contribution >= 0.6 is 0 Å². The number of aromatic nitrogens is 3. The van der Waals surface area contributed by atoms with Gasteiger partial charge in [-0.15, -0.1) is 0 Å². The minimum absolute atomic E-state index is 0.0570. The second-order valence-corrected chi connectivity index (χ2v) is 6.61. The van der Waals surface area contributed by atoms with E-state index in [1.807, 2.05) is 50.8 Å². The lowest BCUT2D eigenvalue weighted by molar-refractivity contribution is -0.00703. The molecular formula is C18H24N4O2. The quantitative estimate of drug-likeness (QED) is 0.937. The molecule has 0 saturated heterocycles. The van der Waals surface area contributed by atoms with Crippen molar-refractivity contribution in [2.45, 2.75) is 58.9 Å². The summed E-state index contributed by atoms with van der Waals surface area (Å²) in [5.74, 6) is -0.0607. The smallest absolute Gasteiger partial charge is 0.275 e. The fraction of sp³-hybridized carbons (Fsp3) is 0.500. The lowest BCUT2D eigenvalue weighted by Crippen LogP contribution is -2.37. The van der Waals surface area contributed by atoms with Crippen LogP contribution in [0.1, 0.15) is 61.2 Å². The van der Waals surface area contributed by atoms with Crippen LogP contribution in [-0.4, -0.2) is 38.1 Å². The number of carbonyl (C=O) groups excluding carboxylic acids is 1. The van der Waals surface area contributed by atoms with Crippen molar-refractivity contribution in [3.05, 3.63) is 47.0 Å². The Labute approximate surface area is 142 Å². The van der Waals surface area contributed by atoms with Gasteiger partial charge in [0.05, 0.1) is 30.1 Å². The van der Waals surface area contributed by atoms with E-state index in [1.165, 1.54) is 0 Å². The molecule has 6 nitrogen and oxygen atoms in total. The standard InChI is InChI=1S/C18H24N4O2/c1-11(2)22(10-14-7-5-6-8-19-14)18(23)17-15-9-12(3)24-13(4)16(15)20-21-17/h5-8,11-13H,9-10H2,1-4H3,(H,20,21)/t12-,13+/m0/s1. The van der Waals surface area contributed by atoms with Crippen molar-refractivity contribution in [2.24, 2.45) is 0 Å². The third kappa shape index (κ3) is 3.19. The van der Waals surface area contributed by atoms with E-state index >= 15 is 0 Å². The molecule has 0 aromatic carbocycles. The first-order chi connectivity index (χ1) is 11.5. The van der Waals surface area contributed by atoms with Crippen LogP contribution in [0.4, 0.5) is 0 Å². The van der Waals surface area contributed by atoms with Gasteiger partial charge in [0.25, 0.3) is 5.91 Å². The molecule has 0 fully saturated rings. The summed E-state index contributed by atoms with van der Waals surface area (Å²) in [6.45, 7) is 8.49. The van der Waals surface area contributed by atoms with E-state index in [9.17, 15) is 4.79 Å². The third-order valence-electron chi connectivity index (χ3n) is 4.38. The van der Waals surface area contributed by atoms with Crippen LogP contribution in [0.5, 0.6) is 0 Å². The number of ether oxygens (including phenoxy) is 1. The topological polar surface area (TPSA) is 71.1 Å². The molecule has 0 saturated carbocycles. The monoisotopic (exact) mass is 328 g/mol. The Morgan fingerprint density at radius 2 is 2.21 bits per heavy atom. The molecule has 0 radical (unpaired) electrons. The number of aromatic amines is 1. The first kappa shape index (κ1) is 16.6. The summed E-state index contributed by atoms with van der Waals surface area (Å²) in [5, 5.41) is 7.31. The highest BCUT2D eigenvalue weighted by atomic mass is 16.5. The average molecular weight is 328 g/mol. The van der Waals surface area contributed by atoms with Crippen LogP contribution in [0.2, 0.25) is 0 Å². The van der Waals surface area contributed by atoms with Crippen LogP contribution in [-0.2, 0) is 17.7 Å². The Morgan fingerprint density at radius 3 is 2.88 bits per heavy atom. The fourth-order valence-electron chi connectivity index (χ4n) is 3.14. The molecule has 6 heteroatoms. The van der Waals surface area contributed by atoms with Crippen LogP contribution in [0.25, 0.3) is 0 Å². The zero-order valence-corrected chi connectivity index (χ0v) is 14.6. The Kier molecular flexibility index (Phi) is 4.66. The number of pyridine rings is 1. The Hall–Kier alpha value is -2.21. The zero-order chi connectivity index (χ0) is 17.3. The second-order valence-electron chi connectivity index (χ2n) is 6.61. The van der Waals surface area contributed by atoms with Gasteiger partial charge in [-0.25, -0.2) is 0 Å². The van der Waals surface area contributed by atoms with Gasteiger partial charge in [0, 0.05) is 24.2 Å². The molecule has 0 bridgehead atoms.